The summed E-state index contributed by atoms with van der Waals surface area (Å²) in [5.74, 6) is -0.863. The van der Waals surface area contributed by atoms with Gasteiger partial charge in [0.1, 0.15) is 11.4 Å². The number of halogens is 4. The fourth-order valence-electron chi connectivity index (χ4n) is 3.99. The van der Waals surface area contributed by atoms with Crippen molar-refractivity contribution in [2.24, 2.45) is 0 Å². The second-order valence-corrected chi connectivity index (χ2v) is 9.11. The normalized spacial score (nSPS) is 11.7. The number of rotatable bonds is 8. The molecule has 200 valence electrons. The fraction of sp³-hybridized carbons (Fsp3) is 0.269. The smallest absolute Gasteiger partial charge is 0.372 e. The number of aromatic amines is 1. The van der Waals surface area contributed by atoms with Crippen molar-refractivity contribution >= 4 is 39.8 Å². The van der Waals surface area contributed by atoms with Crippen molar-refractivity contribution in [3.63, 3.8) is 0 Å². The van der Waals surface area contributed by atoms with Crippen LogP contribution >= 0.6 is 0 Å². The minimum atomic E-state index is -4.71. The van der Waals surface area contributed by atoms with Crippen molar-refractivity contribution in [3.8, 4) is 11.3 Å². The fourth-order valence-corrected chi connectivity index (χ4v) is 3.99. The number of carbonyl (C=O) groups is 1. The van der Waals surface area contributed by atoms with E-state index in [9.17, 15) is 22.4 Å². The highest BCUT2D eigenvalue weighted by molar-refractivity contribution is 5.96. The standard InChI is InChI=1S/C26H27F4N7O/c1-15(38)33-22-12-17(6-8-23(22)37(4)10-9-36(2)3)34-25-32-14-20(26(28,29)30)24(35-25)19-13-31-21-11-16(27)5-7-18(19)21/h5-8,11-14,31H,9-10H2,1-4H3,(H,33,38)(H,32,34,35). The van der Waals surface area contributed by atoms with Crippen LogP contribution in [0.4, 0.5) is 40.6 Å². The maximum absolute atomic E-state index is 13.9. The molecule has 0 bridgehead atoms. The van der Waals surface area contributed by atoms with Gasteiger partial charge in [-0.2, -0.15) is 13.2 Å². The molecule has 12 heteroatoms. The largest absolute Gasteiger partial charge is 0.419 e. The van der Waals surface area contributed by atoms with E-state index in [-0.39, 0.29) is 23.1 Å². The lowest BCUT2D eigenvalue weighted by Crippen LogP contribution is -2.29. The third-order valence-electron chi connectivity index (χ3n) is 5.85. The van der Waals surface area contributed by atoms with Crippen LogP contribution in [-0.2, 0) is 11.0 Å². The van der Waals surface area contributed by atoms with Gasteiger partial charge in [0, 0.05) is 61.6 Å². The first-order valence-electron chi connectivity index (χ1n) is 11.7. The number of amides is 1. The molecule has 0 aliphatic rings. The molecule has 0 aliphatic heterocycles. The average molecular weight is 530 g/mol. The summed E-state index contributed by atoms with van der Waals surface area (Å²) in [5.41, 5.74) is 0.886. The number of benzene rings is 2. The van der Waals surface area contributed by atoms with E-state index >= 15 is 0 Å². The summed E-state index contributed by atoms with van der Waals surface area (Å²) in [6.07, 6.45) is -2.64. The van der Waals surface area contributed by atoms with Crippen molar-refractivity contribution in [3.05, 3.63) is 60.2 Å². The van der Waals surface area contributed by atoms with Crippen molar-refractivity contribution in [2.75, 3.05) is 49.8 Å². The van der Waals surface area contributed by atoms with Crippen LogP contribution in [0.2, 0.25) is 0 Å². The number of aromatic nitrogens is 3. The van der Waals surface area contributed by atoms with Gasteiger partial charge in [0.05, 0.1) is 17.1 Å². The number of fused-ring (bicyclic) bond motifs is 1. The molecule has 8 nitrogen and oxygen atoms in total. The monoisotopic (exact) mass is 529 g/mol. The van der Waals surface area contributed by atoms with Gasteiger partial charge in [-0.1, -0.05) is 0 Å². The SMILES string of the molecule is CC(=O)Nc1cc(Nc2ncc(C(F)(F)F)c(-c3c[nH]c4cc(F)ccc34)n2)ccc1N(C)CCN(C)C. The zero-order valence-corrected chi connectivity index (χ0v) is 21.2. The Morgan fingerprint density at radius 2 is 1.84 bits per heavy atom. The van der Waals surface area contributed by atoms with E-state index < -0.39 is 17.6 Å². The van der Waals surface area contributed by atoms with Gasteiger partial charge in [0.15, 0.2) is 0 Å². The molecule has 38 heavy (non-hydrogen) atoms. The molecule has 0 aliphatic carbocycles. The number of hydrogen-bond donors (Lipinski definition) is 3. The summed E-state index contributed by atoms with van der Waals surface area (Å²) >= 11 is 0. The Balaban J connectivity index is 1.72. The van der Waals surface area contributed by atoms with Gasteiger partial charge in [-0.3, -0.25) is 4.79 Å². The van der Waals surface area contributed by atoms with Gasteiger partial charge in [-0.15, -0.1) is 0 Å². The van der Waals surface area contributed by atoms with Gasteiger partial charge in [0.2, 0.25) is 11.9 Å². The van der Waals surface area contributed by atoms with Crippen LogP contribution in [-0.4, -0.2) is 60.0 Å². The molecular weight excluding hydrogens is 502 g/mol. The zero-order chi connectivity index (χ0) is 27.6. The number of alkyl halides is 3. The first-order valence-corrected chi connectivity index (χ1v) is 11.7. The Hall–Kier alpha value is -4.19. The summed E-state index contributed by atoms with van der Waals surface area (Å²) in [4.78, 5) is 26.7. The van der Waals surface area contributed by atoms with Crippen LogP contribution in [0.3, 0.4) is 0 Å². The van der Waals surface area contributed by atoms with E-state index in [2.05, 4.69) is 25.6 Å². The topological polar surface area (TPSA) is 89.2 Å². The number of carbonyl (C=O) groups excluding carboxylic acids is 1. The molecular formula is C26H27F4N7O. The van der Waals surface area contributed by atoms with Crippen LogP contribution in [0.15, 0.2) is 48.8 Å². The van der Waals surface area contributed by atoms with Crippen LogP contribution in [0.25, 0.3) is 22.2 Å². The maximum Gasteiger partial charge on any atom is 0.419 e. The zero-order valence-electron chi connectivity index (χ0n) is 21.2. The lowest BCUT2D eigenvalue weighted by molar-refractivity contribution is -0.137. The predicted octanol–water partition coefficient (Wildman–Crippen LogP) is 5.48. The van der Waals surface area contributed by atoms with Crippen LogP contribution in [0.1, 0.15) is 12.5 Å². The quantitative estimate of drug-likeness (QED) is 0.262. The van der Waals surface area contributed by atoms with Gasteiger partial charge in [0.25, 0.3) is 0 Å². The molecule has 4 rings (SSSR count). The number of anilines is 4. The molecule has 2 aromatic heterocycles. The minimum absolute atomic E-state index is 0.0769. The van der Waals surface area contributed by atoms with Crippen molar-refractivity contribution in [1.82, 2.24) is 19.9 Å². The highest BCUT2D eigenvalue weighted by atomic mass is 19.4. The van der Waals surface area contributed by atoms with Gasteiger partial charge in [-0.05, 0) is 50.5 Å². The lowest BCUT2D eigenvalue weighted by atomic mass is 10.1. The Labute approximate surface area is 216 Å². The average Bonchev–Trinajstić information content (AvgIpc) is 3.24. The Kier molecular flexibility index (Phi) is 7.53. The minimum Gasteiger partial charge on any atom is -0.372 e. The predicted molar refractivity (Wildman–Crippen MR) is 140 cm³/mol. The van der Waals surface area contributed by atoms with Crippen molar-refractivity contribution in [1.29, 1.82) is 0 Å². The molecule has 0 unspecified atom stereocenters. The number of hydrogen-bond acceptors (Lipinski definition) is 6. The lowest BCUT2D eigenvalue weighted by Gasteiger charge is -2.24. The summed E-state index contributed by atoms with van der Waals surface area (Å²) in [7, 11) is 5.82. The highest BCUT2D eigenvalue weighted by Gasteiger charge is 2.36. The van der Waals surface area contributed by atoms with Gasteiger partial charge in [-0.25, -0.2) is 14.4 Å². The molecule has 0 saturated carbocycles. The molecule has 0 radical (unpaired) electrons. The third-order valence-corrected chi connectivity index (χ3v) is 5.85. The number of nitrogens with one attached hydrogen (secondary N) is 3. The number of likely N-dealkylation sites (N-methyl/N-ethyl adjacent to an activating group) is 2. The molecule has 2 heterocycles. The number of H-pyrrole nitrogens is 1. The molecule has 0 fully saturated rings. The molecule has 4 aromatic rings. The molecule has 2 aromatic carbocycles. The second kappa shape index (κ2) is 10.7. The Bertz CT molecular complexity index is 1470. The van der Waals surface area contributed by atoms with E-state index in [1.807, 2.05) is 30.9 Å². The van der Waals surface area contributed by atoms with E-state index in [0.29, 0.717) is 35.0 Å². The first kappa shape index (κ1) is 26.9. The number of nitrogens with zero attached hydrogens (tertiary/aromatic N) is 4. The highest BCUT2D eigenvalue weighted by Crippen LogP contribution is 2.39. The van der Waals surface area contributed by atoms with Crippen LogP contribution in [0.5, 0.6) is 0 Å². The molecule has 1 amide bonds. The van der Waals surface area contributed by atoms with Crippen molar-refractivity contribution < 1.29 is 22.4 Å². The van der Waals surface area contributed by atoms with E-state index in [4.69, 9.17) is 0 Å². The maximum atomic E-state index is 13.9. The molecule has 0 saturated heterocycles. The first-order chi connectivity index (χ1) is 17.9. The summed E-state index contributed by atoms with van der Waals surface area (Å²) in [6, 6.07) is 8.96. The van der Waals surface area contributed by atoms with Gasteiger partial charge >= 0.3 is 6.18 Å². The Morgan fingerprint density at radius 1 is 1.08 bits per heavy atom. The van der Waals surface area contributed by atoms with E-state index in [1.54, 1.807) is 18.2 Å². The molecule has 3 N–H and O–H groups in total. The molecule has 0 atom stereocenters. The summed E-state index contributed by atoms with van der Waals surface area (Å²) < 4.78 is 55.2. The van der Waals surface area contributed by atoms with E-state index in [0.717, 1.165) is 12.2 Å². The van der Waals surface area contributed by atoms with Crippen LogP contribution in [0, 0.1) is 5.82 Å². The third kappa shape index (κ3) is 6.02. The summed E-state index contributed by atoms with van der Waals surface area (Å²) in [6.45, 7) is 2.88. The molecule has 0 spiro atoms. The van der Waals surface area contributed by atoms with Gasteiger partial charge < -0.3 is 25.4 Å². The van der Waals surface area contributed by atoms with Crippen LogP contribution < -0.4 is 15.5 Å². The second-order valence-electron chi connectivity index (χ2n) is 9.11. The summed E-state index contributed by atoms with van der Waals surface area (Å²) in [5, 5.41) is 6.12. The Morgan fingerprint density at radius 3 is 2.53 bits per heavy atom. The van der Waals surface area contributed by atoms with Crippen molar-refractivity contribution in [2.45, 2.75) is 13.1 Å². The van der Waals surface area contributed by atoms with E-state index in [1.165, 1.54) is 31.3 Å².